The summed E-state index contributed by atoms with van der Waals surface area (Å²) in [7, 11) is 3.26. The van der Waals surface area contributed by atoms with Crippen LogP contribution in [-0.2, 0) is 22.2 Å². The molecule has 8 nitrogen and oxygen atoms in total. The normalized spacial score (nSPS) is 21.9. The van der Waals surface area contributed by atoms with Crippen LogP contribution in [0, 0.1) is 5.82 Å². The molecular formula is C28H33F2N5O3. The Balaban J connectivity index is 1.58. The maximum absolute atomic E-state index is 15.1. The van der Waals surface area contributed by atoms with Gasteiger partial charge in [0.25, 0.3) is 5.56 Å². The van der Waals surface area contributed by atoms with Gasteiger partial charge in [0.05, 0.1) is 17.0 Å². The molecule has 3 aromatic rings. The minimum atomic E-state index is -1.44. The fraction of sp³-hybridized carbons (Fsp3) is 0.500. The number of piperidine rings is 1. The molecule has 38 heavy (non-hydrogen) atoms. The minimum absolute atomic E-state index is 0.00123. The third kappa shape index (κ3) is 4.15. The summed E-state index contributed by atoms with van der Waals surface area (Å²) in [6.07, 6.45) is 2.68. The van der Waals surface area contributed by atoms with E-state index in [-0.39, 0.29) is 22.6 Å². The number of ether oxygens (including phenoxy) is 1. The fourth-order valence-corrected chi connectivity index (χ4v) is 6.05. The van der Waals surface area contributed by atoms with Crippen molar-refractivity contribution in [2.24, 2.45) is 7.05 Å². The molecule has 1 saturated heterocycles. The summed E-state index contributed by atoms with van der Waals surface area (Å²) < 4.78 is 36.6. The number of aryl methyl sites for hydroxylation is 1. The van der Waals surface area contributed by atoms with Crippen molar-refractivity contribution in [1.29, 1.82) is 0 Å². The highest BCUT2D eigenvalue weighted by Gasteiger charge is 2.58. The number of amides is 1. The van der Waals surface area contributed by atoms with Crippen molar-refractivity contribution < 1.29 is 18.3 Å². The predicted molar refractivity (Wildman–Crippen MR) is 140 cm³/mol. The molecule has 5 rings (SSSR count). The number of pyridine rings is 1. The molecule has 10 heteroatoms. The number of nitrogens with one attached hydrogen (secondary N) is 1. The molecular weight excluding hydrogens is 492 g/mol. The molecule has 1 aliphatic heterocycles. The van der Waals surface area contributed by atoms with Gasteiger partial charge >= 0.3 is 0 Å². The zero-order chi connectivity index (χ0) is 27.4. The van der Waals surface area contributed by atoms with E-state index in [1.807, 2.05) is 4.90 Å². The smallest absolute Gasteiger partial charge is 0.258 e. The maximum atomic E-state index is 15.1. The fourth-order valence-electron chi connectivity index (χ4n) is 6.05. The molecule has 1 spiro atoms. The number of halogens is 2. The molecule has 2 aliphatic rings. The highest BCUT2D eigenvalue weighted by atomic mass is 19.1. The first-order chi connectivity index (χ1) is 18.0. The van der Waals surface area contributed by atoms with E-state index in [2.05, 4.69) is 15.3 Å². The lowest BCUT2D eigenvalue weighted by atomic mass is 9.79. The number of nitrogens with zero attached hydrogens (tertiary/aromatic N) is 4. The lowest BCUT2D eigenvalue weighted by molar-refractivity contribution is -0.143. The van der Waals surface area contributed by atoms with Crippen molar-refractivity contribution in [1.82, 2.24) is 19.4 Å². The molecule has 3 atom stereocenters. The van der Waals surface area contributed by atoms with Gasteiger partial charge in [0.15, 0.2) is 0 Å². The highest BCUT2D eigenvalue weighted by Crippen LogP contribution is 2.54. The summed E-state index contributed by atoms with van der Waals surface area (Å²) in [5.41, 5.74) is -0.176. The Morgan fingerprint density at radius 3 is 2.53 bits per heavy atom. The number of fused-ring (bicyclic) bond motifs is 1. The number of aromatic nitrogens is 3. The van der Waals surface area contributed by atoms with E-state index in [0.717, 1.165) is 12.8 Å². The van der Waals surface area contributed by atoms with Crippen molar-refractivity contribution in [3.8, 4) is 0 Å². The van der Waals surface area contributed by atoms with Gasteiger partial charge in [-0.2, -0.15) is 0 Å². The molecule has 1 aromatic carbocycles. The second-order valence-electron chi connectivity index (χ2n) is 10.6. The van der Waals surface area contributed by atoms with Crippen LogP contribution in [-0.4, -0.2) is 44.5 Å². The van der Waals surface area contributed by atoms with E-state index < -0.39 is 23.6 Å². The second kappa shape index (κ2) is 9.41. The van der Waals surface area contributed by atoms with Crippen molar-refractivity contribution in [3.63, 3.8) is 0 Å². The average Bonchev–Trinajstić information content (AvgIpc) is 3.64. The van der Waals surface area contributed by atoms with Gasteiger partial charge in [-0.25, -0.2) is 18.7 Å². The number of methoxy groups -OCH3 is 1. The van der Waals surface area contributed by atoms with Crippen LogP contribution < -0.4 is 10.9 Å². The molecule has 2 aromatic heterocycles. The van der Waals surface area contributed by atoms with Crippen molar-refractivity contribution >= 4 is 22.8 Å². The average molecular weight is 526 g/mol. The highest BCUT2D eigenvalue weighted by molar-refractivity contribution is 5.87. The largest absolute Gasteiger partial charge is 0.373 e. The first kappa shape index (κ1) is 26.2. The van der Waals surface area contributed by atoms with Crippen LogP contribution in [0.2, 0.25) is 0 Å². The van der Waals surface area contributed by atoms with Gasteiger partial charge in [-0.3, -0.25) is 14.2 Å². The van der Waals surface area contributed by atoms with Gasteiger partial charge in [-0.1, -0.05) is 18.2 Å². The topological polar surface area (TPSA) is 89.3 Å². The first-order valence-electron chi connectivity index (χ1n) is 12.9. The van der Waals surface area contributed by atoms with Crippen LogP contribution in [0.3, 0.4) is 0 Å². The van der Waals surface area contributed by atoms with Crippen LogP contribution in [0.25, 0.3) is 11.0 Å². The van der Waals surface area contributed by atoms with Gasteiger partial charge < -0.3 is 15.0 Å². The molecule has 2 unspecified atom stereocenters. The van der Waals surface area contributed by atoms with Crippen LogP contribution in [0.4, 0.5) is 14.6 Å². The van der Waals surface area contributed by atoms with E-state index in [1.54, 1.807) is 46.2 Å². The first-order valence-corrected chi connectivity index (χ1v) is 12.9. The standard InChI is InChI=1S/C28H33F2N5O3/c1-16(29)19-7-6-8-20(23(19)30)17(2)33-24-21-13-22(26(37)34(4)25(21)32-15-31-24)28(38-5)11-12-35(18(3)36)27(14-28)9-10-27/h6-8,13,15-17H,9-12,14H2,1-5H3,(H,31,32,33)/t16?,17-,28?/m1/s1. The molecule has 0 bridgehead atoms. The number of hydrogen-bond acceptors (Lipinski definition) is 6. The van der Waals surface area contributed by atoms with Gasteiger partial charge in [-0.15, -0.1) is 0 Å². The second-order valence-corrected chi connectivity index (χ2v) is 10.6. The van der Waals surface area contributed by atoms with Crippen LogP contribution >= 0.6 is 0 Å². The molecule has 202 valence electrons. The Kier molecular flexibility index (Phi) is 6.49. The Hall–Kier alpha value is -3.40. The van der Waals surface area contributed by atoms with E-state index in [1.165, 1.54) is 23.9 Å². The summed E-state index contributed by atoms with van der Waals surface area (Å²) in [5, 5.41) is 3.83. The Morgan fingerprint density at radius 1 is 1.18 bits per heavy atom. The predicted octanol–water partition coefficient (Wildman–Crippen LogP) is 4.69. The van der Waals surface area contributed by atoms with Gasteiger partial charge in [0, 0.05) is 50.7 Å². The lowest BCUT2D eigenvalue weighted by Gasteiger charge is -2.46. The molecule has 1 amide bonds. The number of carbonyl (C=O) groups excluding carboxylic acids is 1. The number of likely N-dealkylation sites (tertiary alicyclic amines) is 1. The van der Waals surface area contributed by atoms with E-state index >= 15 is 4.39 Å². The van der Waals surface area contributed by atoms with Gasteiger partial charge in [0.2, 0.25) is 5.91 Å². The van der Waals surface area contributed by atoms with Crippen molar-refractivity contribution in [2.75, 3.05) is 19.0 Å². The van der Waals surface area contributed by atoms with Gasteiger partial charge in [-0.05, 0) is 39.2 Å². The number of hydrogen-bond donors (Lipinski definition) is 1. The number of rotatable bonds is 6. The summed E-state index contributed by atoms with van der Waals surface area (Å²) in [4.78, 5) is 36.6. The third-order valence-corrected chi connectivity index (χ3v) is 8.33. The number of carbonyl (C=O) groups is 1. The monoisotopic (exact) mass is 525 g/mol. The van der Waals surface area contributed by atoms with Crippen molar-refractivity contribution in [3.05, 3.63) is 63.5 Å². The van der Waals surface area contributed by atoms with E-state index in [0.29, 0.717) is 47.4 Å². The Labute approximate surface area is 220 Å². The summed E-state index contributed by atoms with van der Waals surface area (Å²) in [6.45, 7) is 5.16. The van der Waals surface area contributed by atoms with Crippen LogP contribution in [0.5, 0.6) is 0 Å². The molecule has 1 aliphatic carbocycles. The van der Waals surface area contributed by atoms with Crippen molar-refractivity contribution in [2.45, 2.75) is 69.8 Å². The SMILES string of the molecule is COC1(c2cc3c(N[C@H](C)c4cccc(C(C)F)c4F)ncnc3n(C)c2=O)CCN(C(C)=O)C2(CC2)C1. The maximum Gasteiger partial charge on any atom is 0.258 e. The summed E-state index contributed by atoms with van der Waals surface area (Å²) >= 11 is 0. The minimum Gasteiger partial charge on any atom is -0.373 e. The molecule has 0 radical (unpaired) electrons. The molecule has 2 fully saturated rings. The summed E-state index contributed by atoms with van der Waals surface area (Å²) in [5.74, 6) is -0.142. The molecule has 3 heterocycles. The Morgan fingerprint density at radius 2 is 1.89 bits per heavy atom. The quantitative estimate of drug-likeness (QED) is 0.503. The lowest BCUT2D eigenvalue weighted by Crippen LogP contribution is -2.54. The summed E-state index contributed by atoms with van der Waals surface area (Å²) in [6, 6.07) is 5.91. The Bertz CT molecular complexity index is 1470. The van der Waals surface area contributed by atoms with E-state index in [9.17, 15) is 14.0 Å². The zero-order valence-electron chi connectivity index (χ0n) is 22.3. The number of anilines is 1. The third-order valence-electron chi connectivity index (χ3n) is 8.33. The molecule has 1 saturated carbocycles. The van der Waals surface area contributed by atoms with Crippen LogP contribution in [0.15, 0.2) is 35.4 Å². The number of alkyl halides is 1. The van der Waals surface area contributed by atoms with Gasteiger partial charge in [0.1, 0.15) is 35.4 Å². The zero-order valence-corrected chi connectivity index (χ0v) is 22.3. The number of benzene rings is 1. The van der Waals surface area contributed by atoms with E-state index in [4.69, 9.17) is 4.74 Å². The van der Waals surface area contributed by atoms with Crippen LogP contribution in [0.1, 0.15) is 75.4 Å². The molecule has 1 N–H and O–H groups in total.